The van der Waals surface area contributed by atoms with Crippen LogP contribution in [0.2, 0.25) is 0 Å². The summed E-state index contributed by atoms with van der Waals surface area (Å²) >= 11 is 9.03. The Morgan fingerprint density at radius 2 is 1.54 bits per heavy atom. The maximum Gasteiger partial charge on any atom is 0.188 e. The summed E-state index contributed by atoms with van der Waals surface area (Å²) < 4.78 is 25.3. The lowest BCUT2D eigenvalue weighted by Crippen LogP contribution is -2.00. The van der Waals surface area contributed by atoms with Gasteiger partial charge in [-0.3, -0.25) is 0 Å². The molecule has 0 aliphatic heterocycles. The van der Waals surface area contributed by atoms with Gasteiger partial charge in [0.1, 0.15) is 11.5 Å². The Labute approximate surface area is 194 Å². The Morgan fingerprint density at radius 1 is 0.929 bits per heavy atom. The minimum absolute atomic E-state index is 0.228. The van der Waals surface area contributed by atoms with Crippen molar-refractivity contribution in [2.75, 3.05) is 27.8 Å². The lowest BCUT2D eigenvalue weighted by atomic mass is 10.3. The number of hydrogen-bond donors (Lipinski definition) is 0. The highest BCUT2D eigenvalue weighted by Gasteiger charge is 2.04. The van der Waals surface area contributed by atoms with Crippen molar-refractivity contribution in [3.05, 3.63) is 67.6 Å². The fourth-order valence-electron chi connectivity index (χ4n) is 2.01. The van der Waals surface area contributed by atoms with Gasteiger partial charge in [0.05, 0.1) is 21.0 Å². The Bertz CT molecular complexity index is 863. The average molecular weight is 626 g/mol. The Kier molecular flexibility index (Phi) is 10.3. The van der Waals surface area contributed by atoms with Crippen LogP contribution in [0.3, 0.4) is 0 Å². The summed E-state index contributed by atoms with van der Waals surface area (Å²) in [4.78, 5) is 4.00. The van der Waals surface area contributed by atoms with Gasteiger partial charge in [0.25, 0.3) is 0 Å². The normalized spacial score (nSPS) is 10.2. The third-order valence-electron chi connectivity index (χ3n) is 3.28. The molecule has 0 fully saturated rings. The Hall–Kier alpha value is -1.14. The van der Waals surface area contributed by atoms with Crippen molar-refractivity contribution < 1.29 is 18.9 Å². The quantitative estimate of drug-likeness (QED) is 0.251. The molecule has 0 aliphatic rings. The highest BCUT2D eigenvalue weighted by molar-refractivity contribution is 14.1. The van der Waals surface area contributed by atoms with Gasteiger partial charge in [-0.1, -0.05) is 0 Å². The van der Waals surface area contributed by atoms with E-state index in [0.29, 0.717) is 0 Å². The van der Waals surface area contributed by atoms with Gasteiger partial charge in [-0.2, -0.15) is 0 Å². The number of nitrogens with zero attached hydrogens (tertiary/aromatic N) is 2. The second kappa shape index (κ2) is 12.4. The molecule has 28 heavy (non-hydrogen) atoms. The van der Waals surface area contributed by atoms with Crippen molar-refractivity contribution in [2.45, 2.75) is 0 Å². The van der Waals surface area contributed by atoms with Crippen LogP contribution in [0.25, 0.3) is 5.69 Å². The van der Waals surface area contributed by atoms with Gasteiger partial charge in [-0.15, -0.1) is 0 Å². The van der Waals surface area contributed by atoms with E-state index >= 15 is 0 Å². The van der Waals surface area contributed by atoms with Crippen molar-refractivity contribution in [1.29, 1.82) is 0 Å². The summed E-state index contributed by atoms with van der Waals surface area (Å²) in [6, 6.07) is 11.7. The average Bonchev–Trinajstić information content (AvgIpc) is 3.23. The van der Waals surface area contributed by atoms with E-state index < -0.39 is 0 Å². The first-order chi connectivity index (χ1) is 13.5. The van der Waals surface area contributed by atoms with Gasteiger partial charge in [-0.05, 0) is 84.8 Å². The molecule has 0 unspecified atom stereocenters. The first-order valence-electron chi connectivity index (χ1n) is 8.01. The highest BCUT2D eigenvalue weighted by atomic mass is 127. The SMILES string of the molecule is COCOc1cc(-n2ccnc2)ccc1Br.COCOc1cc(I)ccc1Br. The zero-order chi connectivity index (χ0) is 20.4. The summed E-state index contributed by atoms with van der Waals surface area (Å²) in [5.74, 6) is 1.55. The van der Waals surface area contributed by atoms with Gasteiger partial charge in [-0.25, -0.2) is 4.98 Å². The number of halogens is 3. The lowest BCUT2D eigenvalue weighted by molar-refractivity contribution is 0.0504. The molecular weight excluding hydrogens is 607 g/mol. The summed E-state index contributed by atoms with van der Waals surface area (Å²) in [5, 5.41) is 0. The van der Waals surface area contributed by atoms with E-state index in [4.69, 9.17) is 18.9 Å². The molecule has 150 valence electrons. The fourth-order valence-corrected chi connectivity index (χ4v) is 3.19. The van der Waals surface area contributed by atoms with Crippen molar-refractivity contribution in [2.24, 2.45) is 0 Å². The molecule has 3 rings (SSSR count). The predicted octanol–water partition coefficient (Wildman–Crippen LogP) is 5.65. The molecule has 0 saturated heterocycles. The monoisotopic (exact) mass is 624 g/mol. The minimum Gasteiger partial charge on any atom is -0.466 e. The lowest BCUT2D eigenvalue weighted by Gasteiger charge is -2.09. The molecule has 0 atom stereocenters. The molecule has 0 amide bonds. The second-order valence-corrected chi connectivity index (χ2v) is 8.22. The third-order valence-corrected chi connectivity index (χ3v) is 5.26. The zero-order valence-electron chi connectivity index (χ0n) is 15.3. The van der Waals surface area contributed by atoms with E-state index in [1.807, 2.05) is 47.2 Å². The maximum absolute atomic E-state index is 5.42. The molecule has 2 aromatic carbocycles. The molecule has 3 aromatic rings. The van der Waals surface area contributed by atoms with Gasteiger partial charge in [0.15, 0.2) is 13.6 Å². The Balaban J connectivity index is 0.000000209. The van der Waals surface area contributed by atoms with Crippen LogP contribution in [0.4, 0.5) is 0 Å². The summed E-state index contributed by atoms with van der Waals surface area (Å²) in [6.07, 6.45) is 5.35. The first kappa shape index (κ1) is 23.1. The van der Waals surface area contributed by atoms with E-state index in [1.165, 1.54) is 0 Å². The summed E-state index contributed by atoms with van der Waals surface area (Å²) in [6.45, 7) is 0.505. The fraction of sp³-hybridized carbons (Fsp3) is 0.211. The predicted molar refractivity (Wildman–Crippen MR) is 123 cm³/mol. The minimum atomic E-state index is 0.228. The third kappa shape index (κ3) is 7.36. The second-order valence-electron chi connectivity index (χ2n) is 5.26. The van der Waals surface area contributed by atoms with Gasteiger partial charge < -0.3 is 23.5 Å². The molecule has 0 spiro atoms. The topological polar surface area (TPSA) is 54.7 Å². The van der Waals surface area contributed by atoms with E-state index in [-0.39, 0.29) is 13.6 Å². The highest BCUT2D eigenvalue weighted by Crippen LogP contribution is 2.28. The molecule has 6 nitrogen and oxygen atoms in total. The Morgan fingerprint density at radius 3 is 2.11 bits per heavy atom. The molecule has 0 radical (unpaired) electrons. The number of hydrogen-bond acceptors (Lipinski definition) is 5. The number of rotatable bonds is 7. The number of ether oxygens (including phenoxy) is 4. The molecule has 1 heterocycles. The van der Waals surface area contributed by atoms with Crippen molar-refractivity contribution in [1.82, 2.24) is 9.55 Å². The number of methoxy groups -OCH3 is 2. The van der Waals surface area contributed by atoms with Gasteiger partial charge in [0, 0.05) is 36.2 Å². The van der Waals surface area contributed by atoms with Crippen LogP contribution in [-0.4, -0.2) is 37.4 Å². The van der Waals surface area contributed by atoms with Crippen molar-refractivity contribution in [3.63, 3.8) is 0 Å². The summed E-state index contributed by atoms with van der Waals surface area (Å²) in [5.41, 5.74) is 0.992. The van der Waals surface area contributed by atoms with Crippen LogP contribution < -0.4 is 9.47 Å². The first-order valence-corrected chi connectivity index (χ1v) is 10.7. The molecule has 0 bridgehead atoms. The van der Waals surface area contributed by atoms with Gasteiger partial charge >= 0.3 is 0 Å². The van der Waals surface area contributed by atoms with Crippen LogP contribution in [0.1, 0.15) is 0 Å². The molecule has 9 heteroatoms. The van der Waals surface area contributed by atoms with Crippen molar-refractivity contribution >= 4 is 54.5 Å². The van der Waals surface area contributed by atoms with E-state index in [0.717, 1.165) is 29.7 Å². The molecule has 1 aromatic heterocycles. The van der Waals surface area contributed by atoms with Crippen molar-refractivity contribution in [3.8, 4) is 17.2 Å². The molecule has 0 saturated carbocycles. The van der Waals surface area contributed by atoms with E-state index in [1.54, 1.807) is 26.7 Å². The zero-order valence-corrected chi connectivity index (χ0v) is 20.6. The van der Waals surface area contributed by atoms with E-state index in [9.17, 15) is 0 Å². The molecular formula is C19H19Br2IN2O4. The van der Waals surface area contributed by atoms with Crippen LogP contribution in [0.5, 0.6) is 11.5 Å². The number of aromatic nitrogens is 2. The van der Waals surface area contributed by atoms with E-state index in [2.05, 4.69) is 59.4 Å². The largest absolute Gasteiger partial charge is 0.466 e. The van der Waals surface area contributed by atoms with Crippen LogP contribution >= 0.6 is 54.5 Å². The smallest absolute Gasteiger partial charge is 0.188 e. The van der Waals surface area contributed by atoms with Gasteiger partial charge in [0.2, 0.25) is 0 Å². The number of imidazole rings is 1. The van der Waals surface area contributed by atoms with Crippen LogP contribution in [-0.2, 0) is 9.47 Å². The standard InChI is InChI=1S/C11H11BrN2O2.C8H8BrIO2/c1-15-8-16-11-6-9(2-3-10(11)12)14-5-4-13-7-14;1-11-5-12-8-4-6(10)2-3-7(8)9/h2-7H,8H2,1H3;2-4H,5H2,1H3. The van der Waals surface area contributed by atoms with Crippen LogP contribution in [0.15, 0.2) is 64.1 Å². The maximum atomic E-state index is 5.42. The summed E-state index contributed by atoms with van der Waals surface area (Å²) in [7, 11) is 3.19. The molecule has 0 N–H and O–H groups in total. The van der Waals surface area contributed by atoms with Crippen LogP contribution in [0, 0.1) is 3.57 Å². The number of benzene rings is 2. The molecule has 0 aliphatic carbocycles.